The maximum atomic E-state index is 14.6. The van der Waals surface area contributed by atoms with Crippen LogP contribution in [0.2, 0.25) is 5.28 Å². The van der Waals surface area contributed by atoms with Gasteiger partial charge in [-0.05, 0) is 43.5 Å². The molecule has 0 aliphatic carbocycles. The molecule has 0 bridgehead atoms. The first kappa shape index (κ1) is 15.3. The van der Waals surface area contributed by atoms with E-state index in [0.29, 0.717) is 16.9 Å². The molecule has 1 saturated heterocycles. The third kappa shape index (κ3) is 2.39. The molecule has 1 aliphatic rings. The zero-order chi connectivity index (χ0) is 16.8. The summed E-state index contributed by atoms with van der Waals surface area (Å²) in [6, 6.07) is 2.92. The van der Waals surface area contributed by atoms with Gasteiger partial charge in [0.05, 0.1) is 11.7 Å². The molecular weight excluding hydrogens is 336 g/mol. The lowest BCUT2D eigenvalue weighted by atomic mass is 10.1. The smallest absolute Gasteiger partial charge is 0.223 e. The summed E-state index contributed by atoms with van der Waals surface area (Å²) < 4.78 is 30.5. The second kappa shape index (κ2) is 5.66. The topological polar surface area (TPSA) is 46.8 Å². The van der Waals surface area contributed by atoms with E-state index < -0.39 is 11.6 Å². The third-order valence-electron chi connectivity index (χ3n) is 4.21. The second-order valence-corrected chi connectivity index (χ2v) is 6.13. The number of fused-ring (bicyclic) bond motifs is 1. The molecule has 0 unspecified atom stereocenters. The average molecular weight is 350 g/mol. The van der Waals surface area contributed by atoms with Gasteiger partial charge in [-0.2, -0.15) is 0 Å². The van der Waals surface area contributed by atoms with Gasteiger partial charge in [0.2, 0.25) is 5.28 Å². The van der Waals surface area contributed by atoms with E-state index in [0.717, 1.165) is 32.1 Å². The van der Waals surface area contributed by atoms with Crippen molar-refractivity contribution in [3.63, 3.8) is 0 Å². The van der Waals surface area contributed by atoms with Gasteiger partial charge in [-0.1, -0.05) is 0 Å². The molecule has 0 amide bonds. The largest absolute Gasteiger partial charge is 0.311 e. The number of imidazole rings is 1. The summed E-state index contributed by atoms with van der Waals surface area (Å²) in [4.78, 5) is 11.8. The minimum absolute atomic E-state index is 0.0253. The Labute approximate surface area is 141 Å². The fourth-order valence-electron chi connectivity index (χ4n) is 3.18. The minimum Gasteiger partial charge on any atom is -0.311 e. The van der Waals surface area contributed by atoms with Gasteiger partial charge in [-0.25, -0.2) is 28.4 Å². The summed E-state index contributed by atoms with van der Waals surface area (Å²) >= 11 is 5.76. The molecule has 124 valence electrons. The van der Waals surface area contributed by atoms with Crippen LogP contribution < -0.4 is 5.01 Å². The zero-order valence-electron chi connectivity index (χ0n) is 12.9. The highest BCUT2D eigenvalue weighted by Gasteiger charge is 2.21. The van der Waals surface area contributed by atoms with Crippen molar-refractivity contribution >= 4 is 22.6 Å². The van der Waals surface area contributed by atoms with Gasteiger partial charge < -0.3 is 5.01 Å². The molecule has 8 heteroatoms. The van der Waals surface area contributed by atoms with Crippen molar-refractivity contribution in [3.8, 4) is 11.3 Å². The van der Waals surface area contributed by atoms with Crippen LogP contribution >= 0.6 is 11.6 Å². The Balaban J connectivity index is 1.95. The summed E-state index contributed by atoms with van der Waals surface area (Å²) in [5, 5.41) is 2.04. The van der Waals surface area contributed by atoms with Crippen molar-refractivity contribution in [1.29, 1.82) is 0 Å². The predicted octanol–water partition coefficient (Wildman–Crippen LogP) is 3.47. The number of aromatic nitrogens is 4. The monoisotopic (exact) mass is 349 g/mol. The standard InChI is InChI=1S/C16H14ClF2N5/c1-9-21-15-11(18)6-10(14-12(19)8-20-16(17)22-14)7-13(15)24(9)23-4-2-3-5-23/h6-8H,2-5H2,1H3. The molecule has 1 fully saturated rings. The number of rotatable bonds is 2. The summed E-state index contributed by atoms with van der Waals surface area (Å²) in [6.07, 6.45) is 3.14. The molecule has 0 saturated carbocycles. The number of benzene rings is 1. The predicted molar refractivity (Wildman–Crippen MR) is 87.6 cm³/mol. The van der Waals surface area contributed by atoms with Crippen molar-refractivity contribution < 1.29 is 8.78 Å². The van der Waals surface area contributed by atoms with E-state index >= 15 is 0 Å². The summed E-state index contributed by atoms with van der Waals surface area (Å²) in [6.45, 7) is 3.59. The van der Waals surface area contributed by atoms with Gasteiger partial charge in [-0.15, -0.1) is 0 Å². The van der Waals surface area contributed by atoms with Crippen molar-refractivity contribution in [3.05, 3.63) is 41.1 Å². The number of hydrogen-bond acceptors (Lipinski definition) is 4. The third-order valence-corrected chi connectivity index (χ3v) is 4.39. The van der Waals surface area contributed by atoms with E-state index in [2.05, 4.69) is 20.0 Å². The highest BCUT2D eigenvalue weighted by molar-refractivity contribution is 6.28. The Kier molecular flexibility index (Phi) is 3.60. The van der Waals surface area contributed by atoms with Crippen molar-refractivity contribution in [2.45, 2.75) is 19.8 Å². The molecule has 3 heterocycles. The molecule has 0 atom stereocenters. The number of hydrogen-bond donors (Lipinski definition) is 0. The van der Waals surface area contributed by atoms with Gasteiger partial charge in [0.25, 0.3) is 0 Å². The molecule has 3 aromatic rings. The lowest BCUT2D eigenvalue weighted by Crippen LogP contribution is -2.31. The Morgan fingerprint density at radius 2 is 1.83 bits per heavy atom. The van der Waals surface area contributed by atoms with E-state index in [4.69, 9.17) is 11.6 Å². The van der Waals surface area contributed by atoms with E-state index in [1.54, 1.807) is 6.07 Å². The molecule has 1 aromatic carbocycles. The molecule has 0 spiro atoms. The van der Waals surface area contributed by atoms with E-state index in [9.17, 15) is 8.78 Å². The Morgan fingerprint density at radius 1 is 1.08 bits per heavy atom. The molecular formula is C16H14ClF2N5. The minimum atomic E-state index is -0.651. The van der Waals surface area contributed by atoms with Gasteiger partial charge in [0.15, 0.2) is 11.6 Å². The Hall–Kier alpha value is -2.28. The first-order valence-electron chi connectivity index (χ1n) is 7.67. The second-order valence-electron chi connectivity index (χ2n) is 5.79. The molecule has 24 heavy (non-hydrogen) atoms. The lowest BCUT2D eigenvalue weighted by Gasteiger charge is -2.21. The number of halogens is 3. The highest BCUT2D eigenvalue weighted by atomic mass is 35.5. The molecule has 0 N–H and O–H groups in total. The van der Waals surface area contributed by atoms with Crippen LogP contribution in [0.25, 0.3) is 22.3 Å². The maximum Gasteiger partial charge on any atom is 0.223 e. The summed E-state index contributed by atoms with van der Waals surface area (Å²) in [7, 11) is 0. The van der Waals surface area contributed by atoms with Crippen LogP contribution in [0.1, 0.15) is 18.7 Å². The van der Waals surface area contributed by atoms with E-state index in [-0.39, 0.29) is 16.5 Å². The van der Waals surface area contributed by atoms with Crippen molar-refractivity contribution in [2.24, 2.45) is 0 Å². The fourth-order valence-corrected chi connectivity index (χ4v) is 3.32. The SMILES string of the molecule is Cc1nc2c(F)cc(-c3nc(Cl)ncc3F)cc2n1N1CCCC1. The highest BCUT2D eigenvalue weighted by Crippen LogP contribution is 2.29. The summed E-state index contributed by atoms with van der Waals surface area (Å²) in [5.41, 5.74) is 1.15. The normalized spacial score (nSPS) is 14.8. The molecule has 5 nitrogen and oxygen atoms in total. The first-order valence-corrected chi connectivity index (χ1v) is 8.04. The van der Waals surface area contributed by atoms with E-state index in [1.807, 2.05) is 11.6 Å². The van der Waals surface area contributed by atoms with E-state index in [1.165, 1.54) is 6.07 Å². The van der Waals surface area contributed by atoms with Gasteiger partial charge >= 0.3 is 0 Å². The molecule has 4 rings (SSSR count). The average Bonchev–Trinajstić information content (AvgIpc) is 3.16. The molecule has 2 aromatic heterocycles. The number of aryl methyl sites for hydroxylation is 1. The maximum absolute atomic E-state index is 14.6. The van der Waals surface area contributed by atoms with Crippen LogP contribution in [-0.4, -0.2) is 32.7 Å². The van der Waals surface area contributed by atoms with Crippen LogP contribution in [0.4, 0.5) is 8.78 Å². The molecule has 0 radical (unpaired) electrons. The Morgan fingerprint density at radius 3 is 2.58 bits per heavy atom. The van der Waals surface area contributed by atoms with Gasteiger partial charge in [-0.3, -0.25) is 0 Å². The zero-order valence-corrected chi connectivity index (χ0v) is 13.7. The van der Waals surface area contributed by atoms with Crippen LogP contribution in [-0.2, 0) is 0 Å². The van der Waals surface area contributed by atoms with Crippen molar-refractivity contribution in [1.82, 2.24) is 19.6 Å². The quantitative estimate of drug-likeness (QED) is 0.665. The van der Waals surface area contributed by atoms with Gasteiger partial charge in [0.1, 0.15) is 17.0 Å². The lowest BCUT2D eigenvalue weighted by molar-refractivity contribution is 0.616. The molecule has 1 aliphatic heterocycles. The first-order chi connectivity index (χ1) is 11.5. The van der Waals surface area contributed by atoms with Crippen LogP contribution in [0.3, 0.4) is 0 Å². The van der Waals surface area contributed by atoms with Crippen molar-refractivity contribution in [2.75, 3.05) is 18.1 Å². The van der Waals surface area contributed by atoms with Crippen LogP contribution in [0, 0.1) is 18.6 Å². The number of nitrogens with zero attached hydrogens (tertiary/aromatic N) is 5. The van der Waals surface area contributed by atoms with Gasteiger partial charge in [0, 0.05) is 18.7 Å². The summed E-state index contributed by atoms with van der Waals surface area (Å²) in [5.74, 6) is -0.469. The Bertz CT molecular complexity index is 934. The van der Waals surface area contributed by atoms with Crippen LogP contribution in [0.15, 0.2) is 18.3 Å². The fraction of sp³-hybridized carbons (Fsp3) is 0.312. The van der Waals surface area contributed by atoms with Crippen LogP contribution in [0.5, 0.6) is 0 Å².